The van der Waals surface area contributed by atoms with Crippen molar-refractivity contribution in [3.8, 4) is 0 Å². The van der Waals surface area contributed by atoms with Gasteiger partial charge in [0.15, 0.2) is 0 Å². The lowest BCUT2D eigenvalue weighted by Gasteiger charge is -2.12. The molecule has 0 saturated carbocycles. The van der Waals surface area contributed by atoms with Crippen molar-refractivity contribution >= 4 is 23.2 Å². The average Bonchev–Trinajstić information content (AvgIpc) is 2.70. The Labute approximate surface area is 111 Å². The van der Waals surface area contributed by atoms with E-state index in [-0.39, 0.29) is 5.91 Å². The highest BCUT2D eigenvalue weighted by atomic mass is 35.5. The molecule has 0 bridgehead atoms. The SMILES string of the molecule is Cc1nn(C(C)C(=O)Nc2ccccc2)cc1Cl. The Hall–Kier alpha value is -1.81. The normalized spacial score (nSPS) is 12.2. The summed E-state index contributed by atoms with van der Waals surface area (Å²) >= 11 is 5.92. The minimum absolute atomic E-state index is 0.125. The van der Waals surface area contributed by atoms with Gasteiger partial charge in [-0.2, -0.15) is 5.10 Å². The van der Waals surface area contributed by atoms with Crippen LogP contribution in [0, 0.1) is 6.92 Å². The maximum atomic E-state index is 12.0. The maximum Gasteiger partial charge on any atom is 0.248 e. The van der Waals surface area contributed by atoms with Gasteiger partial charge in [-0.1, -0.05) is 29.8 Å². The first-order chi connectivity index (χ1) is 8.58. The van der Waals surface area contributed by atoms with Gasteiger partial charge >= 0.3 is 0 Å². The predicted molar refractivity (Wildman–Crippen MR) is 71.8 cm³/mol. The fraction of sp³-hybridized carbons (Fsp3) is 0.231. The second-order valence-electron chi connectivity index (χ2n) is 4.07. The molecule has 0 aliphatic carbocycles. The third-order valence-electron chi connectivity index (χ3n) is 2.67. The van der Waals surface area contributed by atoms with Gasteiger partial charge in [0.2, 0.25) is 5.91 Å². The van der Waals surface area contributed by atoms with Crippen molar-refractivity contribution < 1.29 is 4.79 Å². The molecule has 0 fully saturated rings. The highest BCUT2D eigenvalue weighted by molar-refractivity contribution is 6.31. The lowest BCUT2D eigenvalue weighted by Crippen LogP contribution is -2.24. The fourth-order valence-corrected chi connectivity index (χ4v) is 1.68. The molecule has 18 heavy (non-hydrogen) atoms. The molecular formula is C13H14ClN3O. The molecule has 0 saturated heterocycles. The number of para-hydroxylation sites is 1. The van der Waals surface area contributed by atoms with Gasteiger partial charge in [0.05, 0.1) is 10.7 Å². The Morgan fingerprint density at radius 3 is 2.61 bits per heavy atom. The van der Waals surface area contributed by atoms with E-state index in [9.17, 15) is 4.79 Å². The van der Waals surface area contributed by atoms with Crippen LogP contribution in [0.2, 0.25) is 5.02 Å². The number of hydrogen-bond acceptors (Lipinski definition) is 2. The fourth-order valence-electron chi connectivity index (χ4n) is 1.55. The highest BCUT2D eigenvalue weighted by Gasteiger charge is 2.17. The van der Waals surface area contributed by atoms with Crippen LogP contribution in [0.15, 0.2) is 36.5 Å². The van der Waals surface area contributed by atoms with Crippen LogP contribution in [0.4, 0.5) is 5.69 Å². The number of aryl methyl sites for hydroxylation is 1. The molecule has 1 amide bonds. The van der Waals surface area contributed by atoms with Gasteiger partial charge in [-0.3, -0.25) is 9.48 Å². The van der Waals surface area contributed by atoms with E-state index in [2.05, 4.69) is 10.4 Å². The number of amides is 1. The number of benzene rings is 1. The van der Waals surface area contributed by atoms with Crippen LogP contribution < -0.4 is 5.32 Å². The molecule has 1 heterocycles. The number of aromatic nitrogens is 2. The van der Waals surface area contributed by atoms with E-state index in [1.807, 2.05) is 30.3 Å². The molecule has 1 aromatic carbocycles. The minimum Gasteiger partial charge on any atom is -0.324 e. The van der Waals surface area contributed by atoms with Crippen LogP contribution in [0.1, 0.15) is 18.7 Å². The van der Waals surface area contributed by atoms with Gasteiger partial charge < -0.3 is 5.32 Å². The van der Waals surface area contributed by atoms with Gasteiger partial charge in [-0.25, -0.2) is 0 Å². The number of rotatable bonds is 3. The second-order valence-corrected chi connectivity index (χ2v) is 4.48. The molecule has 0 radical (unpaired) electrons. The molecule has 1 aromatic heterocycles. The summed E-state index contributed by atoms with van der Waals surface area (Å²) in [7, 11) is 0. The summed E-state index contributed by atoms with van der Waals surface area (Å²) < 4.78 is 1.57. The van der Waals surface area contributed by atoms with Gasteiger partial charge in [0, 0.05) is 11.9 Å². The molecule has 2 rings (SSSR count). The van der Waals surface area contributed by atoms with Gasteiger partial charge in [0.1, 0.15) is 6.04 Å². The molecule has 0 aliphatic rings. The molecular weight excluding hydrogens is 250 g/mol. The van der Waals surface area contributed by atoms with Crippen molar-refractivity contribution in [2.75, 3.05) is 5.32 Å². The third kappa shape index (κ3) is 2.71. The van der Waals surface area contributed by atoms with E-state index in [4.69, 9.17) is 11.6 Å². The first-order valence-electron chi connectivity index (χ1n) is 5.65. The number of halogens is 1. The summed E-state index contributed by atoms with van der Waals surface area (Å²) in [6.45, 7) is 3.59. The quantitative estimate of drug-likeness (QED) is 0.925. The smallest absolute Gasteiger partial charge is 0.248 e. The van der Waals surface area contributed by atoms with Crippen LogP contribution in [0.25, 0.3) is 0 Å². The van der Waals surface area contributed by atoms with E-state index < -0.39 is 6.04 Å². The highest BCUT2D eigenvalue weighted by Crippen LogP contribution is 2.17. The molecule has 0 aliphatic heterocycles. The summed E-state index contributed by atoms with van der Waals surface area (Å²) in [6, 6.07) is 8.91. The van der Waals surface area contributed by atoms with Crippen molar-refractivity contribution in [1.29, 1.82) is 0 Å². The van der Waals surface area contributed by atoms with Crippen LogP contribution in [-0.4, -0.2) is 15.7 Å². The lowest BCUT2D eigenvalue weighted by atomic mass is 10.3. The Morgan fingerprint density at radius 1 is 1.39 bits per heavy atom. The monoisotopic (exact) mass is 263 g/mol. The molecule has 2 aromatic rings. The van der Waals surface area contributed by atoms with E-state index >= 15 is 0 Å². The van der Waals surface area contributed by atoms with Crippen molar-refractivity contribution in [2.45, 2.75) is 19.9 Å². The van der Waals surface area contributed by atoms with E-state index in [1.165, 1.54) is 0 Å². The van der Waals surface area contributed by atoms with Crippen molar-refractivity contribution in [1.82, 2.24) is 9.78 Å². The number of nitrogens with one attached hydrogen (secondary N) is 1. The number of carbonyl (C=O) groups excluding carboxylic acids is 1. The zero-order chi connectivity index (χ0) is 13.1. The van der Waals surface area contributed by atoms with Gasteiger partial charge in [-0.15, -0.1) is 0 Å². The number of carbonyl (C=O) groups is 1. The zero-order valence-corrected chi connectivity index (χ0v) is 11.0. The molecule has 94 valence electrons. The summed E-state index contributed by atoms with van der Waals surface area (Å²) in [6.07, 6.45) is 1.66. The third-order valence-corrected chi connectivity index (χ3v) is 3.05. The van der Waals surface area contributed by atoms with Crippen molar-refractivity contribution in [2.24, 2.45) is 0 Å². The van der Waals surface area contributed by atoms with E-state index in [0.29, 0.717) is 5.02 Å². The van der Waals surface area contributed by atoms with E-state index in [0.717, 1.165) is 11.4 Å². The van der Waals surface area contributed by atoms with E-state index in [1.54, 1.807) is 24.7 Å². The van der Waals surface area contributed by atoms with Gasteiger partial charge in [-0.05, 0) is 26.0 Å². The topological polar surface area (TPSA) is 46.9 Å². The van der Waals surface area contributed by atoms with Crippen molar-refractivity contribution in [3.63, 3.8) is 0 Å². The molecule has 1 unspecified atom stereocenters. The summed E-state index contributed by atoms with van der Waals surface area (Å²) in [5.41, 5.74) is 1.49. The second kappa shape index (κ2) is 5.23. The van der Waals surface area contributed by atoms with Crippen LogP contribution >= 0.6 is 11.6 Å². The van der Waals surface area contributed by atoms with Gasteiger partial charge in [0.25, 0.3) is 0 Å². The first kappa shape index (κ1) is 12.6. The Bertz CT molecular complexity index is 531. The number of anilines is 1. The summed E-state index contributed by atoms with van der Waals surface area (Å²) in [5, 5.41) is 7.59. The standard InChI is InChI=1S/C13H14ClN3O/c1-9-12(14)8-17(16-9)10(2)13(18)15-11-6-4-3-5-7-11/h3-8,10H,1-2H3,(H,15,18). The Balaban J connectivity index is 2.09. The minimum atomic E-state index is -0.406. The number of nitrogens with zero attached hydrogens (tertiary/aromatic N) is 2. The van der Waals surface area contributed by atoms with Crippen LogP contribution in [0.5, 0.6) is 0 Å². The average molecular weight is 264 g/mol. The number of hydrogen-bond donors (Lipinski definition) is 1. The Morgan fingerprint density at radius 2 is 2.06 bits per heavy atom. The predicted octanol–water partition coefficient (Wildman–Crippen LogP) is 3.04. The molecule has 1 N–H and O–H groups in total. The maximum absolute atomic E-state index is 12.0. The zero-order valence-electron chi connectivity index (χ0n) is 10.2. The first-order valence-corrected chi connectivity index (χ1v) is 6.03. The molecule has 1 atom stereocenters. The van der Waals surface area contributed by atoms with Crippen molar-refractivity contribution in [3.05, 3.63) is 47.2 Å². The largest absolute Gasteiger partial charge is 0.324 e. The molecule has 5 heteroatoms. The summed E-state index contributed by atoms with van der Waals surface area (Å²) in [5.74, 6) is -0.125. The Kier molecular flexibility index (Phi) is 3.67. The van der Waals surface area contributed by atoms with Crippen LogP contribution in [-0.2, 0) is 4.79 Å². The molecule has 0 spiro atoms. The lowest BCUT2D eigenvalue weighted by molar-refractivity contribution is -0.119. The summed E-state index contributed by atoms with van der Waals surface area (Å²) in [4.78, 5) is 12.0. The van der Waals surface area contributed by atoms with Crippen LogP contribution in [0.3, 0.4) is 0 Å². The molecule has 4 nitrogen and oxygen atoms in total.